The molecule has 26 heavy (non-hydrogen) atoms. The maximum atomic E-state index is 11.9. The van der Waals surface area contributed by atoms with Gasteiger partial charge in [0.15, 0.2) is 0 Å². The van der Waals surface area contributed by atoms with Crippen LogP contribution in [0.25, 0.3) is 0 Å². The van der Waals surface area contributed by atoms with Crippen LogP contribution in [0.1, 0.15) is 15.9 Å². The number of para-hydroxylation sites is 2. The van der Waals surface area contributed by atoms with E-state index in [0.717, 1.165) is 0 Å². The van der Waals surface area contributed by atoms with Crippen LogP contribution in [0.3, 0.4) is 0 Å². The van der Waals surface area contributed by atoms with E-state index in [-0.39, 0.29) is 0 Å². The number of anilines is 4. The van der Waals surface area contributed by atoms with E-state index in [4.69, 9.17) is 10.00 Å². The number of carbonyl (C=O) groups is 1. The Kier molecular flexibility index (Phi) is 5.05. The minimum Gasteiger partial charge on any atom is -0.465 e. The molecule has 0 aliphatic heterocycles. The number of rotatable bonds is 5. The van der Waals surface area contributed by atoms with E-state index in [9.17, 15) is 4.79 Å². The van der Waals surface area contributed by atoms with Gasteiger partial charge in [0, 0.05) is 6.20 Å². The number of hydrogen-bond donors (Lipinski definition) is 2. The number of hydrogen-bond acceptors (Lipinski definition) is 7. The second-order valence-electron chi connectivity index (χ2n) is 5.21. The number of ether oxygens (including phenoxy) is 1. The maximum absolute atomic E-state index is 11.9. The molecule has 0 saturated heterocycles. The summed E-state index contributed by atoms with van der Waals surface area (Å²) >= 11 is 0. The first-order chi connectivity index (χ1) is 12.7. The summed E-state index contributed by atoms with van der Waals surface area (Å²) in [5.41, 5.74) is 2.08. The van der Waals surface area contributed by atoms with Crippen LogP contribution in [0.5, 0.6) is 0 Å². The molecule has 0 aliphatic carbocycles. The van der Waals surface area contributed by atoms with Crippen molar-refractivity contribution in [3.05, 3.63) is 71.9 Å². The van der Waals surface area contributed by atoms with Gasteiger partial charge in [-0.15, -0.1) is 0 Å². The molecule has 0 aliphatic rings. The van der Waals surface area contributed by atoms with Crippen molar-refractivity contribution in [3.63, 3.8) is 0 Å². The van der Waals surface area contributed by atoms with Crippen molar-refractivity contribution in [2.45, 2.75) is 0 Å². The van der Waals surface area contributed by atoms with E-state index in [2.05, 4.69) is 26.7 Å². The quantitative estimate of drug-likeness (QED) is 0.681. The number of benzene rings is 2. The zero-order valence-corrected chi connectivity index (χ0v) is 13.9. The lowest BCUT2D eigenvalue weighted by molar-refractivity contribution is 0.0602. The van der Waals surface area contributed by atoms with Gasteiger partial charge in [0.1, 0.15) is 11.9 Å². The molecule has 0 unspecified atom stereocenters. The Morgan fingerprint density at radius 1 is 1.04 bits per heavy atom. The third-order valence-electron chi connectivity index (χ3n) is 3.54. The van der Waals surface area contributed by atoms with Gasteiger partial charge in [-0.05, 0) is 30.3 Å². The molecule has 2 aromatic carbocycles. The van der Waals surface area contributed by atoms with Crippen molar-refractivity contribution in [3.8, 4) is 6.07 Å². The average Bonchev–Trinajstić information content (AvgIpc) is 2.68. The van der Waals surface area contributed by atoms with E-state index in [1.165, 1.54) is 7.11 Å². The van der Waals surface area contributed by atoms with Gasteiger partial charge in [-0.2, -0.15) is 10.2 Å². The van der Waals surface area contributed by atoms with Crippen LogP contribution < -0.4 is 10.6 Å². The Morgan fingerprint density at radius 3 is 2.54 bits per heavy atom. The van der Waals surface area contributed by atoms with Gasteiger partial charge < -0.3 is 15.4 Å². The number of nitrogens with zero attached hydrogens (tertiary/aromatic N) is 3. The van der Waals surface area contributed by atoms with E-state index >= 15 is 0 Å². The highest BCUT2D eigenvalue weighted by atomic mass is 16.5. The average molecular weight is 345 g/mol. The van der Waals surface area contributed by atoms with Crippen molar-refractivity contribution in [2.24, 2.45) is 0 Å². The molecule has 0 fully saturated rings. The molecule has 0 radical (unpaired) electrons. The molecule has 0 atom stereocenters. The molecule has 0 bridgehead atoms. The summed E-state index contributed by atoms with van der Waals surface area (Å²) in [6.45, 7) is 0. The number of nitriles is 1. The van der Waals surface area contributed by atoms with Crippen molar-refractivity contribution in [1.82, 2.24) is 9.97 Å². The van der Waals surface area contributed by atoms with Gasteiger partial charge in [0.2, 0.25) is 5.95 Å². The lowest BCUT2D eigenvalue weighted by Crippen LogP contribution is -2.07. The summed E-state index contributed by atoms with van der Waals surface area (Å²) in [5.74, 6) is 0.380. The normalized spacial score (nSPS) is 9.85. The molecule has 1 aromatic heterocycles. The first-order valence-corrected chi connectivity index (χ1v) is 7.75. The highest BCUT2D eigenvalue weighted by molar-refractivity contribution is 5.96. The standard InChI is InChI=1S/C19H15N5O2/c1-26-18(25)14-7-3-5-9-16(14)22-17-10-11-21-19(24-17)23-15-8-4-2-6-13(15)12-20/h2-11H,1H3,(H2,21,22,23,24). The summed E-state index contributed by atoms with van der Waals surface area (Å²) in [6.07, 6.45) is 1.58. The number of nitrogens with one attached hydrogen (secondary N) is 2. The summed E-state index contributed by atoms with van der Waals surface area (Å²) in [6, 6.07) is 17.8. The van der Waals surface area contributed by atoms with Crippen LogP contribution in [-0.4, -0.2) is 23.0 Å². The largest absolute Gasteiger partial charge is 0.465 e. The summed E-state index contributed by atoms with van der Waals surface area (Å²) in [5, 5.41) is 15.3. The highest BCUT2D eigenvalue weighted by Crippen LogP contribution is 2.22. The van der Waals surface area contributed by atoms with E-state index < -0.39 is 5.97 Å². The van der Waals surface area contributed by atoms with Crippen LogP contribution in [0.15, 0.2) is 60.8 Å². The first-order valence-electron chi connectivity index (χ1n) is 7.75. The molecule has 3 rings (SSSR count). The lowest BCUT2D eigenvalue weighted by Gasteiger charge is -2.11. The van der Waals surface area contributed by atoms with Gasteiger partial charge >= 0.3 is 5.97 Å². The lowest BCUT2D eigenvalue weighted by atomic mass is 10.2. The molecule has 7 heteroatoms. The smallest absolute Gasteiger partial charge is 0.339 e. The highest BCUT2D eigenvalue weighted by Gasteiger charge is 2.12. The Bertz CT molecular complexity index is 981. The van der Waals surface area contributed by atoms with Crippen LogP contribution in [-0.2, 0) is 4.74 Å². The topological polar surface area (TPSA) is 99.9 Å². The summed E-state index contributed by atoms with van der Waals surface area (Å²) in [4.78, 5) is 20.4. The Balaban J connectivity index is 1.85. The maximum Gasteiger partial charge on any atom is 0.339 e. The van der Waals surface area contributed by atoms with Gasteiger partial charge in [-0.1, -0.05) is 24.3 Å². The predicted octanol–water partition coefficient (Wildman–Crippen LogP) is 3.62. The molecule has 0 saturated carbocycles. The van der Waals surface area contributed by atoms with Crippen molar-refractivity contribution in [1.29, 1.82) is 5.26 Å². The molecule has 1 heterocycles. The van der Waals surface area contributed by atoms with Crippen molar-refractivity contribution in [2.75, 3.05) is 17.7 Å². The number of carbonyl (C=O) groups excluding carboxylic acids is 1. The third kappa shape index (κ3) is 3.76. The molecule has 7 nitrogen and oxygen atoms in total. The molecular weight excluding hydrogens is 330 g/mol. The Labute approximate surface area is 150 Å². The first kappa shape index (κ1) is 16.9. The zero-order chi connectivity index (χ0) is 18.4. The minimum absolute atomic E-state index is 0.327. The fourth-order valence-corrected chi connectivity index (χ4v) is 2.32. The number of methoxy groups -OCH3 is 1. The molecule has 2 N–H and O–H groups in total. The monoisotopic (exact) mass is 345 g/mol. The van der Waals surface area contributed by atoms with E-state index in [0.29, 0.717) is 34.3 Å². The number of aromatic nitrogens is 2. The SMILES string of the molecule is COC(=O)c1ccccc1Nc1ccnc(Nc2ccccc2C#N)n1. The fourth-order valence-electron chi connectivity index (χ4n) is 2.32. The molecule has 0 amide bonds. The number of esters is 1. The predicted molar refractivity (Wildman–Crippen MR) is 97.5 cm³/mol. The minimum atomic E-state index is -0.441. The third-order valence-corrected chi connectivity index (χ3v) is 3.54. The van der Waals surface area contributed by atoms with Gasteiger partial charge in [0.05, 0.1) is 29.6 Å². The van der Waals surface area contributed by atoms with E-state index in [1.54, 1.807) is 54.7 Å². The van der Waals surface area contributed by atoms with Gasteiger partial charge in [-0.25, -0.2) is 9.78 Å². The van der Waals surface area contributed by atoms with Crippen molar-refractivity contribution < 1.29 is 9.53 Å². The molecule has 3 aromatic rings. The molecular formula is C19H15N5O2. The van der Waals surface area contributed by atoms with Gasteiger partial charge in [0.25, 0.3) is 0 Å². The fraction of sp³-hybridized carbons (Fsp3) is 0.0526. The van der Waals surface area contributed by atoms with Crippen molar-refractivity contribution >= 4 is 29.1 Å². The summed E-state index contributed by atoms with van der Waals surface area (Å²) < 4.78 is 4.79. The summed E-state index contributed by atoms with van der Waals surface area (Å²) in [7, 11) is 1.33. The van der Waals surface area contributed by atoms with Crippen LogP contribution in [0.2, 0.25) is 0 Å². The van der Waals surface area contributed by atoms with Gasteiger partial charge in [-0.3, -0.25) is 0 Å². The van der Waals surface area contributed by atoms with Crippen LogP contribution in [0, 0.1) is 11.3 Å². The Morgan fingerprint density at radius 2 is 1.77 bits per heavy atom. The second-order valence-corrected chi connectivity index (χ2v) is 5.21. The second kappa shape index (κ2) is 7.77. The van der Waals surface area contributed by atoms with E-state index in [1.807, 2.05) is 6.07 Å². The molecule has 0 spiro atoms. The zero-order valence-electron chi connectivity index (χ0n) is 13.9. The molecule has 128 valence electrons. The van der Waals surface area contributed by atoms with Crippen LogP contribution >= 0.6 is 0 Å². The van der Waals surface area contributed by atoms with Crippen LogP contribution in [0.4, 0.5) is 23.1 Å². The Hall–Kier alpha value is -3.92.